The number of cyclic esters (lactones) is 1. The maximum absolute atomic E-state index is 11.7. The number of aliphatic hydroxyl groups is 1. The lowest BCUT2D eigenvalue weighted by molar-refractivity contribution is -0.150. The number of aliphatic carboxylic acids is 1. The minimum absolute atomic E-state index is 0. The van der Waals surface area contributed by atoms with E-state index in [0.717, 1.165) is 11.1 Å². The summed E-state index contributed by atoms with van der Waals surface area (Å²) in [5.41, 5.74) is 5.53. The van der Waals surface area contributed by atoms with Crippen LogP contribution < -0.4 is 16.4 Å². The molecule has 0 aromatic heterocycles. The van der Waals surface area contributed by atoms with Crippen molar-refractivity contribution in [1.29, 1.82) is 0 Å². The lowest BCUT2D eigenvalue weighted by Gasteiger charge is -2.22. The summed E-state index contributed by atoms with van der Waals surface area (Å²) in [6, 6.07) is 16.1. The van der Waals surface area contributed by atoms with Crippen molar-refractivity contribution in [3.63, 3.8) is 0 Å². The van der Waals surface area contributed by atoms with E-state index in [2.05, 4.69) is 15.4 Å². The molecule has 2 aromatic carbocycles. The van der Waals surface area contributed by atoms with E-state index in [0.29, 0.717) is 13.0 Å². The zero-order valence-corrected chi connectivity index (χ0v) is 31.6. The number of halogens is 1. The minimum Gasteiger partial charge on any atom is -0.480 e. The quantitative estimate of drug-likeness (QED) is 0.153. The maximum atomic E-state index is 11.7. The Morgan fingerprint density at radius 3 is 1.57 bits per heavy atom. The van der Waals surface area contributed by atoms with Gasteiger partial charge >= 0.3 is 36.1 Å². The van der Waals surface area contributed by atoms with Crippen LogP contribution in [0.25, 0.3) is 0 Å². The van der Waals surface area contributed by atoms with Gasteiger partial charge in [-0.1, -0.05) is 60.7 Å². The number of nitrogens with two attached hydrogens (primary N) is 1. The summed E-state index contributed by atoms with van der Waals surface area (Å²) in [6.45, 7) is 10.4. The fourth-order valence-electron chi connectivity index (χ4n) is 3.78. The lowest BCUT2D eigenvalue weighted by atomic mass is 10.2. The number of hydrogen-bond acceptors (Lipinski definition) is 13. The number of benzene rings is 2. The first kappa shape index (κ1) is 48.1. The van der Waals surface area contributed by atoms with Crippen LogP contribution in [-0.4, -0.2) is 88.8 Å². The second-order valence-corrected chi connectivity index (χ2v) is 13.4. The van der Waals surface area contributed by atoms with Crippen molar-refractivity contribution >= 4 is 48.5 Å². The fourth-order valence-corrected chi connectivity index (χ4v) is 3.78. The fraction of sp³-hybridized carbons (Fsp3) is 0.500. The molecule has 1 heterocycles. The van der Waals surface area contributed by atoms with Crippen LogP contribution in [0.3, 0.4) is 0 Å². The van der Waals surface area contributed by atoms with Crippen LogP contribution in [-0.2, 0) is 56.1 Å². The number of esters is 3. The monoisotopic (exact) mass is 769 g/mol. The van der Waals surface area contributed by atoms with Gasteiger partial charge in [0.25, 0.3) is 0 Å². The molecule has 3 rings (SSSR count). The van der Waals surface area contributed by atoms with Crippen molar-refractivity contribution in [2.24, 2.45) is 5.73 Å². The molecule has 0 spiro atoms. The molecular weight excluding hydrogens is 718 g/mol. The smallest absolute Gasteiger partial charge is 0.408 e. The number of carbonyl (C=O) groups excluding carboxylic acids is 5. The van der Waals surface area contributed by atoms with Crippen LogP contribution in [0.15, 0.2) is 60.7 Å². The molecule has 0 saturated carbocycles. The summed E-state index contributed by atoms with van der Waals surface area (Å²) in [5.74, 6) is -2.74. The minimum atomic E-state index is -1.41. The van der Waals surface area contributed by atoms with E-state index in [1.54, 1.807) is 65.8 Å². The first-order chi connectivity index (χ1) is 24.3. The predicted molar refractivity (Wildman–Crippen MR) is 194 cm³/mol. The number of aliphatic hydroxyl groups excluding tert-OH is 1. The normalized spacial score (nSPS) is 14.4. The Kier molecular flexibility index (Phi) is 22.1. The van der Waals surface area contributed by atoms with Gasteiger partial charge in [-0.3, -0.25) is 14.4 Å². The lowest BCUT2D eigenvalue weighted by Crippen LogP contribution is -2.44. The molecule has 1 aliphatic heterocycles. The van der Waals surface area contributed by atoms with E-state index in [-0.39, 0.29) is 50.7 Å². The van der Waals surface area contributed by atoms with E-state index < -0.39 is 59.8 Å². The van der Waals surface area contributed by atoms with Crippen LogP contribution in [0.4, 0.5) is 9.59 Å². The van der Waals surface area contributed by atoms with Crippen molar-refractivity contribution in [1.82, 2.24) is 10.6 Å². The zero-order chi connectivity index (χ0) is 39.3. The van der Waals surface area contributed by atoms with E-state index in [1.165, 1.54) is 0 Å². The highest BCUT2D eigenvalue weighted by atomic mass is 35.5. The molecule has 0 unspecified atom stereocenters. The first-order valence-electron chi connectivity index (χ1n) is 16.4. The van der Waals surface area contributed by atoms with Crippen molar-refractivity contribution in [2.75, 3.05) is 13.2 Å². The Morgan fingerprint density at radius 2 is 1.23 bits per heavy atom. The van der Waals surface area contributed by atoms with Gasteiger partial charge in [-0.2, -0.15) is 0 Å². The summed E-state index contributed by atoms with van der Waals surface area (Å²) in [4.78, 5) is 67.9. The number of rotatable bonds is 12. The molecule has 0 aliphatic carbocycles. The number of alkyl carbamates (subject to hydrolysis) is 2. The van der Waals surface area contributed by atoms with Crippen LogP contribution in [0, 0.1) is 0 Å². The highest BCUT2D eigenvalue weighted by Gasteiger charge is 2.27. The van der Waals surface area contributed by atoms with Crippen molar-refractivity contribution in [3.05, 3.63) is 71.8 Å². The molecule has 296 valence electrons. The summed E-state index contributed by atoms with van der Waals surface area (Å²) >= 11 is 0. The topological polar surface area (TPSA) is 239 Å². The van der Waals surface area contributed by atoms with Crippen molar-refractivity contribution in [3.8, 4) is 0 Å². The van der Waals surface area contributed by atoms with Crippen LogP contribution in [0.2, 0.25) is 0 Å². The summed E-state index contributed by atoms with van der Waals surface area (Å²) in [5, 5.41) is 22.9. The van der Waals surface area contributed by atoms with E-state index >= 15 is 0 Å². The van der Waals surface area contributed by atoms with Crippen LogP contribution >= 0.6 is 12.4 Å². The second kappa shape index (κ2) is 24.3. The number of carboxylic acids is 1. The summed E-state index contributed by atoms with van der Waals surface area (Å²) < 4.78 is 24.6. The van der Waals surface area contributed by atoms with Gasteiger partial charge in [0.15, 0.2) is 0 Å². The number of carboxylic acid groups (broad SMARTS) is 1. The van der Waals surface area contributed by atoms with Gasteiger partial charge in [0.1, 0.15) is 37.1 Å². The van der Waals surface area contributed by atoms with E-state index in [9.17, 15) is 33.9 Å². The molecule has 1 fully saturated rings. The highest BCUT2D eigenvalue weighted by molar-refractivity contribution is 5.85. The van der Waals surface area contributed by atoms with Crippen LogP contribution in [0.5, 0.6) is 0 Å². The number of ether oxygens (including phenoxy) is 5. The molecule has 6 N–H and O–H groups in total. The molecule has 17 heteroatoms. The largest absolute Gasteiger partial charge is 0.480 e. The molecule has 53 heavy (non-hydrogen) atoms. The molecular formula is C36H52ClN3O13. The maximum Gasteiger partial charge on any atom is 0.408 e. The molecule has 0 bridgehead atoms. The molecule has 1 saturated heterocycles. The Labute approximate surface area is 315 Å². The molecule has 2 aromatic rings. The van der Waals surface area contributed by atoms with Gasteiger partial charge < -0.3 is 50.3 Å². The van der Waals surface area contributed by atoms with E-state index in [1.807, 2.05) is 36.4 Å². The van der Waals surface area contributed by atoms with Crippen molar-refractivity contribution < 1.29 is 62.7 Å². The summed E-state index contributed by atoms with van der Waals surface area (Å²) in [7, 11) is 0. The number of amides is 2. The SMILES string of the molecule is CC(C)(C)OC(=O)N[C@@H](CC(=O)OCc1ccccc1)C(=O)O.CC(C)(C)OC(=O)N[C@H](CO)CC(=O)OCc1ccccc1.Cl.N[C@@H]1COC(=O)C1. The standard InChI is InChI=1S/C16H21NO6.C16H23NO5.C4H7NO2.ClH/c1-16(2,3)23-15(21)17-12(14(19)20)9-13(18)22-10-11-7-5-4-6-8-11;1-16(2,3)22-15(20)17-13(10-18)9-14(19)21-11-12-7-5-4-6-8-12;5-3-1-4(6)7-2-3;/h4-8,12H,9-10H2,1-3H3,(H,17,21)(H,19,20);4-8,13,18H,9-11H2,1-3H3,(H,17,20);3H,1-2,5H2;1H/t12-;13-;3-;/m000./s1. The zero-order valence-electron chi connectivity index (χ0n) is 30.8. The molecule has 16 nitrogen and oxygen atoms in total. The molecule has 0 radical (unpaired) electrons. The first-order valence-corrected chi connectivity index (χ1v) is 16.4. The Hall–Kier alpha value is -4.93. The summed E-state index contributed by atoms with van der Waals surface area (Å²) in [6.07, 6.45) is -1.80. The Bertz CT molecular complexity index is 1430. The average molecular weight is 770 g/mol. The van der Waals surface area contributed by atoms with Crippen molar-refractivity contribution in [2.45, 2.75) is 103 Å². The Morgan fingerprint density at radius 1 is 0.792 bits per heavy atom. The van der Waals surface area contributed by atoms with Gasteiger partial charge in [-0.05, 0) is 52.7 Å². The van der Waals surface area contributed by atoms with Crippen LogP contribution in [0.1, 0.15) is 71.9 Å². The van der Waals surface area contributed by atoms with E-state index in [4.69, 9.17) is 29.8 Å². The third-order valence-corrected chi connectivity index (χ3v) is 6.09. The number of carbonyl (C=O) groups is 6. The second-order valence-electron chi connectivity index (χ2n) is 13.4. The van der Waals surface area contributed by atoms with Gasteiger partial charge in [0, 0.05) is 6.04 Å². The third kappa shape index (κ3) is 24.8. The average Bonchev–Trinajstić information content (AvgIpc) is 3.43. The molecule has 2 amide bonds. The van der Waals surface area contributed by atoms with Gasteiger partial charge in [-0.15, -0.1) is 12.4 Å². The highest BCUT2D eigenvalue weighted by Crippen LogP contribution is 2.10. The van der Waals surface area contributed by atoms with Gasteiger partial charge in [0.2, 0.25) is 0 Å². The third-order valence-electron chi connectivity index (χ3n) is 6.09. The number of nitrogens with one attached hydrogen (secondary N) is 2. The number of hydrogen-bond donors (Lipinski definition) is 5. The van der Waals surface area contributed by atoms with Gasteiger partial charge in [0.05, 0.1) is 31.9 Å². The van der Waals surface area contributed by atoms with Gasteiger partial charge in [-0.25, -0.2) is 14.4 Å². The Balaban J connectivity index is 0.000000847. The molecule has 1 aliphatic rings. The predicted octanol–water partition coefficient (Wildman–Crippen LogP) is 3.79. The molecule has 3 atom stereocenters.